The molecule has 1 N–H and O–H groups in total. The van der Waals surface area contributed by atoms with E-state index in [1.54, 1.807) is 35.7 Å². The van der Waals surface area contributed by atoms with E-state index in [0.717, 1.165) is 35.2 Å². The van der Waals surface area contributed by atoms with Gasteiger partial charge in [-0.2, -0.15) is 11.3 Å². The number of aromatic nitrogens is 2. The van der Waals surface area contributed by atoms with Crippen molar-refractivity contribution in [1.82, 2.24) is 9.97 Å². The van der Waals surface area contributed by atoms with Crippen molar-refractivity contribution in [3.63, 3.8) is 0 Å². The topological polar surface area (TPSA) is 72.0 Å². The minimum absolute atomic E-state index is 0.140. The third-order valence-corrected chi connectivity index (χ3v) is 6.67. The fourth-order valence-corrected chi connectivity index (χ4v) is 5.38. The summed E-state index contributed by atoms with van der Waals surface area (Å²) < 4.78 is 5.41. The quantitative estimate of drug-likeness (QED) is 0.517. The van der Waals surface area contributed by atoms with Gasteiger partial charge in [-0.15, -0.1) is 11.3 Å². The van der Waals surface area contributed by atoms with E-state index < -0.39 is 12.1 Å². The van der Waals surface area contributed by atoms with Crippen LogP contribution in [0.2, 0.25) is 0 Å². The van der Waals surface area contributed by atoms with Gasteiger partial charge in [-0.1, -0.05) is 6.92 Å². The zero-order chi connectivity index (χ0) is 19.0. The molecule has 1 aliphatic rings. The minimum Gasteiger partial charge on any atom is -0.451 e. The molecule has 0 amide bonds. The standard InChI is InChI=1S/C20H20N2O3S2/c1-11-3-5-14-15(9-11)27-20-17(14)19(24)21-18(22-20)12(2)25-16(23)6-4-13-7-8-26-10-13/h4,6-8,10-12H,3,5,9H2,1-2H3,(H,21,22,24)/b6-4+/t11-,12+/m1/s1. The predicted octanol–water partition coefficient (Wildman–Crippen LogP) is 4.49. The molecule has 27 heavy (non-hydrogen) atoms. The molecule has 0 spiro atoms. The van der Waals surface area contributed by atoms with Crippen LogP contribution >= 0.6 is 22.7 Å². The number of thiophene rings is 2. The van der Waals surface area contributed by atoms with Gasteiger partial charge < -0.3 is 9.72 Å². The van der Waals surface area contributed by atoms with Crippen LogP contribution in [-0.4, -0.2) is 15.9 Å². The first-order valence-corrected chi connectivity index (χ1v) is 10.7. The van der Waals surface area contributed by atoms with Gasteiger partial charge in [-0.3, -0.25) is 4.79 Å². The van der Waals surface area contributed by atoms with Gasteiger partial charge in [-0.05, 0) is 66.1 Å². The molecule has 0 saturated heterocycles. The number of ether oxygens (including phenoxy) is 1. The first-order chi connectivity index (χ1) is 13.0. The average molecular weight is 401 g/mol. The van der Waals surface area contributed by atoms with Crippen molar-refractivity contribution in [3.8, 4) is 0 Å². The molecule has 2 atom stereocenters. The number of nitrogens with zero attached hydrogens (tertiary/aromatic N) is 1. The summed E-state index contributed by atoms with van der Waals surface area (Å²) in [5, 5.41) is 4.60. The fourth-order valence-electron chi connectivity index (χ4n) is 3.36. The van der Waals surface area contributed by atoms with Gasteiger partial charge in [-0.25, -0.2) is 9.78 Å². The van der Waals surface area contributed by atoms with Crippen LogP contribution in [0.4, 0.5) is 0 Å². The molecule has 3 aromatic rings. The second-order valence-corrected chi connectivity index (χ2v) is 8.82. The summed E-state index contributed by atoms with van der Waals surface area (Å²) >= 11 is 3.16. The number of aromatic amines is 1. The molecule has 140 valence electrons. The van der Waals surface area contributed by atoms with E-state index in [1.165, 1.54) is 11.0 Å². The number of hydrogen-bond acceptors (Lipinski definition) is 6. The second-order valence-electron chi connectivity index (χ2n) is 6.95. The number of carbonyl (C=O) groups is 1. The molecular formula is C20H20N2O3S2. The van der Waals surface area contributed by atoms with Gasteiger partial charge in [0.05, 0.1) is 5.39 Å². The molecule has 3 heterocycles. The highest BCUT2D eigenvalue weighted by atomic mass is 32.1. The van der Waals surface area contributed by atoms with Crippen molar-refractivity contribution in [3.05, 3.63) is 55.1 Å². The highest BCUT2D eigenvalue weighted by Gasteiger charge is 2.24. The van der Waals surface area contributed by atoms with E-state index in [-0.39, 0.29) is 5.56 Å². The molecule has 0 saturated carbocycles. The van der Waals surface area contributed by atoms with Gasteiger partial charge in [0.1, 0.15) is 4.83 Å². The number of hydrogen-bond donors (Lipinski definition) is 1. The fraction of sp³-hybridized carbons (Fsp3) is 0.350. The van der Waals surface area contributed by atoms with Crippen molar-refractivity contribution < 1.29 is 9.53 Å². The van der Waals surface area contributed by atoms with Crippen molar-refractivity contribution in [2.45, 2.75) is 39.2 Å². The van der Waals surface area contributed by atoms with Crippen LogP contribution in [0.5, 0.6) is 0 Å². The van der Waals surface area contributed by atoms with Crippen LogP contribution in [0.25, 0.3) is 16.3 Å². The number of carbonyl (C=O) groups excluding carboxylic acids is 1. The average Bonchev–Trinajstić information content (AvgIpc) is 3.26. The first-order valence-electron chi connectivity index (χ1n) is 8.96. The number of esters is 1. The molecular weight excluding hydrogens is 380 g/mol. The van der Waals surface area contributed by atoms with Gasteiger partial charge in [0, 0.05) is 11.0 Å². The highest BCUT2D eigenvalue weighted by Crippen LogP contribution is 2.35. The van der Waals surface area contributed by atoms with E-state index in [4.69, 9.17) is 4.74 Å². The summed E-state index contributed by atoms with van der Waals surface area (Å²) in [5.41, 5.74) is 1.96. The Kier molecular flexibility index (Phi) is 4.97. The molecule has 7 heteroatoms. The molecule has 0 radical (unpaired) electrons. The monoisotopic (exact) mass is 400 g/mol. The Morgan fingerprint density at radius 3 is 3.11 bits per heavy atom. The summed E-state index contributed by atoms with van der Waals surface area (Å²) in [5.74, 6) is 0.561. The number of fused-ring (bicyclic) bond motifs is 3. The van der Waals surface area contributed by atoms with Gasteiger partial charge in [0.25, 0.3) is 5.56 Å². The van der Waals surface area contributed by atoms with E-state index >= 15 is 0 Å². The highest BCUT2D eigenvalue weighted by molar-refractivity contribution is 7.18. The molecule has 5 nitrogen and oxygen atoms in total. The summed E-state index contributed by atoms with van der Waals surface area (Å²) in [4.78, 5) is 34.1. The van der Waals surface area contributed by atoms with Crippen LogP contribution in [0.1, 0.15) is 48.2 Å². The maximum Gasteiger partial charge on any atom is 0.331 e. The van der Waals surface area contributed by atoms with E-state index in [9.17, 15) is 9.59 Å². The number of H-pyrrole nitrogens is 1. The third kappa shape index (κ3) is 3.75. The minimum atomic E-state index is -0.625. The molecule has 1 aliphatic carbocycles. The zero-order valence-corrected chi connectivity index (χ0v) is 16.8. The van der Waals surface area contributed by atoms with Gasteiger partial charge in [0.2, 0.25) is 0 Å². The molecule has 0 fully saturated rings. The van der Waals surface area contributed by atoms with E-state index in [1.807, 2.05) is 16.8 Å². The predicted molar refractivity (Wildman–Crippen MR) is 109 cm³/mol. The molecule has 3 aromatic heterocycles. The Morgan fingerprint density at radius 2 is 2.33 bits per heavy atom. The third-order valence-electron chi connectivity index (χ3n) is 4.82. The van der Waals surface area contributed by atoms with Crippen molar-refractivity contribution in [2.24, 2.45) is 5.92 Å². The summed E-state index contributed by atoms with van der Waals surface area (Å²) in [6.45, 7) is 3.96. The summed E-state index contributed by atoms with van der Waals surface area (Å²) in [7, 11) is 0. The second kappa shape index (κ2) is 7.40. The molecule has 0 unspecified atom stereocenters. The summed E-state index contributed by atoms with van der Waals surface area (Å²) in [6.07, 6.45) is 5.51. The Hall–Kier alpha value is -2.25. The molecule has 0 bridgehead atoms. The Morgan fingerprint density at radius 1 is 1.48 bits per heavy atom. The van der Waals surface area contributed by atoms with Crippen molar-refractivity contribution >= 4 is 44.9 Å². The maximum atomic E-state index is 12.6. The van der Waals surface area contributed by atoms with Crippen molar-refractivity contribution in [1.29, 1.82) is 0 Å². The lowest BCUT2D eigenvalue weighted by molar-refractivity contribution is -0.142. The first kappa shape index (κ1) is 18.1. The lowest BCUT2D eigenvalue weighted by Gasteiger charge is -2.17. The van der Waals surface area contributed by atoms with Crippen LogP contribution < -0.4 is 5.56 Å². The maximum absolute atomic E-state index is 12.6. The Labute approximate surface area is 164 Å². The van der Waals surface area contributed by atoms with Gasteiger partial charge >= 0.3 is 5.97 Å². The Bertz CT molecular complexity index is 1060. The summed E-state index contributed by atoms with van der Waals surface area (Å²) in [6, 6.07) is 1.92. The SMILES string of the molecule is C[C@@H]1CCc2c(sc3nc([C@H](C)OC(=O)/C=C/c4ccsc4)[nH]c(=O)c23)C1. The number of rotatable bonds is 4. The molecule has 4 rings (SSSR count). The Balaban J connectivity index is 1.56. The molecule has 0 aliphatic heterocycles. The smallest absolute Gasteiger partial charge is 0.331 e. The van der Waals surface area contributed by atoms with Gasteiger partial charge in [0.15, 0.2) is 11.9 Å². The van der Waals surface area contributed by atoms with Crippen LogP contribution in [-0.2, 0) is 22.4 Å². The number of nitrogens with one attached hydrogen (secondary N) is 1. The lowest BCUT2D eigenvalue weighted by Crippen LogP contribution is -2.17. The largest absolute Gasteiger partial charge is 0.451 e. The number of aryl methyl sites for hydroxylation is 1. The molecule has 0 aromatic carbocycles. The lowest BCUT2D eigenvalue weighted by atomic mass is 9.89. The normalized spacial score (nSPS) is 17.9. The van der Waals surface area contributed by atoms with Crippen LogP contribution in [0.15, 0.2) is 27.7 Å². The zero-order valence-electron chi connectivity index (χ0n) is 15.2. The van der Waals surface area contributed by atoms with Crippen LogP contribution in [0.3, 0.4) is 0 Å². The van der Waals surface area contributed by atoms with E-state index in [0.29, 0.717) is 17.1 Å². The van der Waals surface area contributed by atoms with Crippen LogP contribution in [0, 0.1) is 5.92 Å². The van der Waals surface area contributed by atoms with E-state index in [2.05, 4.69) is 16.9 Å². The van der Waals surface area contributed by atoms with Crippen molar-refractivity contribution in [2.75, 3.05) is 0 Å².